The van der Waals surface area contributed by atoms with Gasteiger partial charge in [-0.2, -0.15) is 0 Å². The number of carbonyl (C=O) groups excluding carboxylic acids is 3. The Kier molecular flexibility index (Phi) is 8.35. The second-order valence-electron chi connectivity index (χ2n) is 10.6. The Bertz CT molecular complexity index is 1410. The third kappa shape index (κ3) is 5.18. The second kappa shape index (κ2) is 11.8. The van der Waals surface area contributed by atoms with Crippen molar-refractivity contribution < 1.29 is 23.9 Å². The number of carbonyl (C=O) groups is 3. The molecular weight excluding hydrogens is 619 g/mol. The molecule has 0 saturated carbocycles. The molecule has 1 amide bonds. The summed E-state index contributed by atoms with van der Waals surface area (Å²) in [5.41, 5.74) is 7.34. The van der Waals surface area contributed by atoms with Gasteiger partial charge >= 0.3 is 0 Å². The van der Waals surface area contributed by atoms with E-state index in [0.29, 0.717) is 24.3 Å². The van der Waals surface area contributed by atoms with E-state index in [1.165, 1.54) is 0 Å². The number of anilines is 1. The van der Waals surface area contributed by atoms with Gasteiger partial charge in [0.1, 0.15) is 0 Å². The normalized spacial score (nSPS) is 17.6. The number of halogens is 1. The summed E-state index contributed by atoms with van der Waals surface area (Å²) in [4.78, 5) is 41.8. The lowest BCUT2D eigenvalue weighted by atomic mass is 9.71. The monoisotopic (exact) mass is 654 g/mol. The number of ether oxygens (including phenoxy) is 2. The number of nitrogens with one attached hydrogen (secondary N) is 1. The van der Waals surface area contributed by atoms with E-state index in [4.69, 9.17) is 9.47 Å². The van der Waals surface area contributed by atoms with E-state index in [1.54, 1.807) is 7.11 Å². The highest BCUT2D eigenvalue weighted by molar-refractivity contribution is 14.1. The van der Waals surface area contributed by atoms with Gasteiger partial charge in [0.15, 0.2) is 29.7 Å². The van der Waals surface area contributed by atoms with Crippen molar-refractivity contribution in [2.24, 2.45) is 0 Å². The molecule has 8 heteroatoms. The summed E-state index contributed by atoms with van der Waals surface area (Å²) in [6, 6.07) is 9.61. The maximum Gasteiger partial charge on any atom is 0.262 e. The zero-order chi connectivity index (χ0) is 28.6. The lowest BCUT2D eigenvalue weighted by molar-refractivity contribution is -0.118. The van der Waals surface area contributed by atoms with E-state index in [1.807, 2.05) is 44.2 Å². The van der Waals surface area contributed by atoms with Gasteiger partial charge in [0.2, 0.25) is 0 Å². The van der Waals surface area contributed by atoms with Crippen molar-refractivity contribution in [3.8, 4) is 11.5 Å². The highest BCUT2D eigenvalue weighted by atomic mass is 127. The van der Waals surface area contributed by atoms with E-state index in [2.05, 4.69) is 39.7 Å². The molecule has 0 radical (unpaired) electrons. The number of rotatable bonds is 7. The first-order valence-corrected chi connectivity index (χ1v) is 15.0. The quantitative estimate of drug-likeness (QED) is 0.350. The summed E-state index contributed by atoms with van der Waals surface area (Å²) in [5.74, 6) is 0.474. The van der Waals surface area contributed by atoms with Gasteiger partial charge in [0, 0.05) is 53.5 Å². The highest BCUT2D eigenvalue weighted by Gasteiger charge is 2.43. The van der Waals surface area contributed by atoms with Crippen LogP contribution in [-0.4, -0.2) is 42.6 Å². The van der Waals surface area contributed by atoms with E-state index >= 15 is 0 Å². The van der Waals surface area contributed by atoms with Crippen LogP contribution < -0.4 is 14.8 Å². The van der Waals surface area contributed by atoms with Crippen molar-refractivity contribution in [2.45, 2.75) is 65.2 Å². The summed E-state index contributed by atoms with van der Waals surface area (Å²) in [6.07, 6.45) is 4.32. The summed E-state index contributed by atoms with van der Waals surface area (Å²) < 4.78 is 12.5. The Balaban J connectivity index is 1.49. The van der Waals surface area contributed by atoms with Crippen LogP contribution in [0.25, 0.3) is 0 Å². The van der Waals surface area contributed by atoms with Gasteiger partial charge in [-0.3, -0.25) is 14.4 Å². The summed E-state index contributed by atoms with van der Waals surface area (Å²) >= 11 is 2.18. The molecule has 2 aromatic carbocycles. The number of aryl methyl sites for hydroxylation is 1. The Morgan fingerprint density at radius 3 is 2.27 bits per heavy atom. The van der Waals surface area contributed by atoms with E-state index in [-0.39, 0.29) is 24.1 Å². The fraction of sp³-hybridized carbons (Fsp3) is 0.406. The maximum atomic E-state index is 13.4. The molecule has 0 unspecified atom stereocenters. The molecule has 0 saturated heterocycles. The van der Waals surface area contributed by atoms with Crippen LogP contribution in [0.5, 0.6) is 11.5 Å². The first-order valence-electron chi connectivity index (χ1n) is 13.9. The number of methoxy groups -OCH3 is 1. The van der Waals surface area contributed by atoms with Crippen LogP contribution in [0, 0.1) is 17.4 Å². The van der Waals surface area contributed by atoms with Crippen LogP contribution in [0.2, 0.25) is 0 Å². The molecule has 1 aliphatic heterocycles. The van der Waals surface area contributed by atoms with Crippen LogP contribution in [-0.2, 0) is 14.4 Å². The molecule has 2 aliphatic carbocycles. The standard InChI is InChI=1S/C32H35IN2O5/c1-5-35-23-11-7-13-25(36)30(23)29(31-24(35)12-8-14-26(31)37)20-15-21(33)32(27(16-20)39-4)40-17-28(38)34-22-10-6-9-18(2)19(22)3/h6,9-10,15-16,29H,5,7-8,11-14,17H2,1-4H3,(H,34,38). The topological polar surface area (TPSA) is 84.9 Å². The van der Waals surface area contributed by atoms with Crippen molar-refractivity contribution in [1.82, 2.24) is 4.90 Å². The third-order valence-corrected chi connectivity index (χ3v) is 9.02. The van der Waals surface area contributed by atoms with Crippen molar-refractivity contribution in [1.29, 1.82) is 0 Å². The van der Waals surface area contributed by atoms with Crippen LogP contribution in [0.1, 0.15) is 68.1 Å². The molecule has 2 aromatic rings. The van der Waals surface area contributed by atoms with Crippen LogP contribution in [0.3, 0.4) is 0 Å². The molecule has 5 rings (SSSR count). The average molecular weight is 655 g/mol. The number of ketones is 2. The number of benzene rings is 2. The molecule has 1 N–H and O–H groups in total. The van der Waals surface area contributed by atoms with Crippen molar-refractivity contribution in [3.63, 3.8) is 0 Å². The molecule has 3 aliphatic rings. The molecule has 1 heterocycles. The van der Waals surface area contributed by atoms with Gasteiger partial charge in [0.25, 0.3) is 5.91 Å². The first-order chi connectivity index (χ1) is 19.2. The van der Waals surface area contributed by atoms with Gasteiger partial charge in [-0.25, -0.2) is 0 Å². The molecule has 0 atom stereocenters. The fourth-order valence-electron chi connectivity index (χ4n) is 6.19. The molecule has 7 nitrogen and oxygen atoms in total. The van der Waals surface area contributed by atoms with Crippen LogP contribution in [0.15, 0.2) is 52.9 Å². The van der Waals surface area contributed by atoms with Crippen LogP contribution >= 0.6 is 22.6 Å². The number of hydrogen-bond acceptors (Lipinski definition) is 6. The van der Waals surface area contributed by atoms with Crippen molar-refractivity contribution >= 4 is 45.8 Å². The number of allylic oxidation sites excluding steroid dienone is 4. The van der Waals surface area contributed by atoms with Crippen molar-refractivity contribution in [3.05, 3.63) is 73.1 Å². The van der Waals surface area contributed by atoms with E-state index < -0.39 is 5.92 Å². The minimum Gasteiger partial charge on any atom is -0.493 e. The second-order valence-corrected chi connectivity index (χ2v) is 11.7. The largest absolute Gasteiger partial charge is 0.493 e. The molecule has 40 heavy (non-hydrogen) atoms. The highest BCUT2D eigenvalue weighted by Crippen LogP contribution is 2.50. The summed E-state index contributed by atoms with van der Waals surface area (Å²) in [6.45, 7) is 6.61. The average Bonchev–Trinajstić information content (AvgIpc) is 2.93. The number of nitrogens with zero attached hydrogens (tertiary/aromatic N) is 1. The number of amides is 1. The molecule has 0 bridgehead atoms. The van der Waals surface area contributed by atoms with Gasteiger partial charge < -0.3 is 19.7 Å². The Hall–Kier alpha value is -3.14. The fourth-order valence-corrected chi connectivity index (χ4v) is 6.97. The maximum absolute atomic E-state index is 13.4. The summed E-state index contributed by atoms with van der Waals surface area (Å²) in [5, 5.41) is 2.92. The first kappa shape index (κ1) is 28.4. The number of Topliss-reactive ketones (excluding diaryl/α,β-unsaturated/α-hetero) is 2. The predicted molar refractivity (Wildman–Crippen MR) is 163 cm³/mol. The lowest BCUT2D eigenvalue weighted by Gasteiger charge is -2.43. The van der Waals surface area contributed by atoms with E-state index in [0.717, 1.165) is 80.7 Å². The van der Waals surface area contributed by atoms with Crippen LogP contribution in [0.4, 0.5) is 5.69 Å². The molecule has 0 aromatic heterocycles. The zero-order valence-electron chi connectivity index (χ0n) is 23.5. The zero-order valence-corrected chi connectivity index (χ0v) is 25.6. The van der Waals surface area contributed by atoms with E-state index in [9.17, 15) is 14.4 Å². The molecular formula is C32H35IN2O5. The Morgan fingerprint density at radius 2 is 1.68 bits per heavy atom. The van der Waals surface area contributed by atoms with Gasteiger partial charge in [0.05, 0.1) is 10.7 Å². The summed E-state index contributed by atoms with van der Waals surface area (Å²) in [7, 11) is 1.56. The minimum absolute atomic E-state index is 0.118. The number of hydrogen-bond donors (Lipinski definition) is 1. The minimum atomic E-state index is -0.419. The lowest BCUT2D eigenvalue weighted by Crippen LogP contribution is -2.39. The molecule has 0 spiro atoms. The van der Waals surface area contributed by atoms with Gasteiger partial charge in [-0.15, -0.1) is 0 Å². The molecule has 210 valence electrons. The molecule has 0 fully saturated rings. The SMILES string of the molecule is CCN1C2=C(C(=O)CCC2)C(c2cc(I)c(OCC(=O)Nc3cccc(C)c3C)c(OC)c2)C2=C1CCCC2=O. The smallest absolute Gasteiger partial charge is 0.262 e. The Labute approximate surface area is 249 Å². The van der Waals surface area contributed by atoms with Gasteiger partial charge in [-0.05, 0) is 104 Å². The van der Waals surface area contributed by atoms with Gasteiger partial charge in [-0.1, -0.05) is 12.1 Å². The third-order valence-electron chi connectivity index (χ3n) is 8.21. The predicted octanol–water partition coefficient (Wildman–Crippen LogP) is 6.37. The van der Waals surface area contributed by atoms with Crippen molar-refractivity contribution in [2.75, 3.05) is 25.6 Å². The Morgan fingerprint density at radius 1 is 1.02 bits per heavy atom.